The molecule has 0 saturated heterocycles. The Morgan fingerprint density at radius 2 is 2.19 bits per heavy atom. The van der Waals surface area contributed by atoms with E-state index < -0.39 is 0 Å². The molecule has 0 aliphatic rings. The highest BCUT2D eigenvalue weighted by atomic mass is 15.3. The molecule has 0 saturated carbocycles. The summed E-state index contributed by atoms with van der Waals surface area (Å²) in [6, 6.07) is 1.88. The monoisotopic (exact) mass is 222 g/mol. The van der Waals surface area contributed by atoms with Gasteiger partial charge in [-0.2, -0.15) is 10.2 Å². The fraction of sp³-hybridized carbons (Fsp3) is 0.400. The van der Waals surface area contributed by atoms with Crippen molar-refractivity contribution >= 4 is 0 Å². The molecule has 2 aromatic rings. The fourth-order valence-electron chi connectivity index (χ4n) is 1.15. The average molecular weight is 222 g/mol. The van der Waals surface area contributed by atoms with Crippen molar-refractivity contribution in [3.05, 3.63) is 36.4 Å². The van der Waals surface area contributed by atoms with Gasteiger partial charge in [0.15, 0.2) is 0 Å². The highest BCUT2D eigenvalue weighted by molar-refractivity contribution is 5.02. The Morgan fingerprint density at radius 3 is 2.69 bits per heavy atom. The van der Waals surface area contributed by atoms with Crippen LogP contribution in [0.3, 0.4) is 0 Å². The minimum atomic E-state index is 0.654. The zero-order valence-corrected chi connectivity index (χ0v) is 9.21. The SMILES string of the molecule is NCCc1cn[nH]c1.NCCn1cccn1. The molecule has 0 atom stereocenters. The molecule has 0 spiro atoms. The molecule has 16 heavy (non-hydrogen) atoms. The molecule has 6 nitrogen and oxygen atoms in total. The maximum absolute atomic E-state index is 5.28. The van der Waals surface area contributed by atoms with Crippen LogP contribution in [0.5, 0.6) is 0 Å². The van der Waals surface area contributed by atoms with Crippen molar-refractivity contribution in [3.8, 4) is 0 Å². The Kier molecular flexibility index (Phi) is 5.90. The fourth-order valence-corrected chi connectivity index (χ4v) is 1.15. The van der Waals surface area contributed by atoms with Gasteiger partial charge in [-0.25, -0.2) is 0 Å². The lowest BCUT2D eigenvalue weighted by atomic mass is 10.3. The molecule has 0 unspecified atom stereocenters. The minimum absolute atomic E-state index is 0.654. The first kappa shape index (κ1) is 12.4. The van der Waals surface area contributed by atoms with Crippen molar-refractivity contribution in [1.82, 2.24) is 20.0 Å². The second-order valence-corrected chi connectivity index (χ2v) is 3.20. The van der Waals surface area contributed by atoms with Crippen LogP contribution in [-0.2, 0) is 13.0 Å². The van der Waals surface area contributed by atoms with E-state index in [0.717, 1.165) is 13.0 Å². The highest BCUT2D eigenvalue weighted by Gasteiger charge is 1.87. The normalized spacial score (nSPS) is 9.62. The maximum Gasteiger partial charge on any atom is 0.0531 e. The number of hydrogen-bond donors (Lipinski definition) is 3. The van der Waals surface area contributed by atoms with Crippen LogP contribution in [0.2, 0.25) is 0 Å². The third-order valence-electron chi connectivity index (χ3n) is 1.91. The van der Waals surface area contributed by atoms with Crippen molar-refractivity contribution in [2.24, 2.45) is 11.5 Å². The summed E-state index contributed by atoms with van der Waals surface area (Å²) in [7, 11) is 0. The Hall–Kier alpha value is -1.66. The Balaban J connectivity index is 0.000000160. The van der Waals surface area contributed by atoms with E-state index in [-0.39, 0.29) is 0 Å². The van der Waals surface area contributed by atoms with Crippen LogP contribution < -0.4 is 11.5 Å². The van der Waals surface area contributed by atoms with Crippen LogP contribution in [0.25, 0.3) is 0 Å². The molecule has 2 heterocycles. The summed E-state index contributed by atoms with van der Waals surface area (Å²) in [4.78, 5) is 0. The number of rotatable bonds is 4. The summed E-state index contributed by atoms with van der Waals surface area (Å²) in [6.45, 7) is 2.16. The van der Waals surface area contributed by atoms with Crippen molar-refractivity contribution in [3.63, 3.8) is 0 Å². The number of aromatic nitrogens is 4. The first-order valence-electron chi connectivity index (χ1n) is 5.22. The molecular formula is C10H18N6. The Morgan fingerprint density at radius 1 is 1.31 bits per heavy atom. The second kappa shape index (κ2) is 7.61. The lowest BCUT2D eigenvalue weighted by molar-refractivity contribution is 0.625. The largest absolute Gasteiger partial charge is 0.330 e. The van der Waals surface area contributed by atoms with Crippen molar-refractivity contribution in [2.75, 3.05) is 13.1 Å². The summed E-state index contributed by atoms with van der Waals surface area (Å²) in [6.07, 6.45) is 8.19. The summed E-state index contributed by atoms with van der Waals surface area (Å²) in [5, 5.41) is 10.4. The maximum atomic E-state index is 5.28. The van der Waals surface area contributed by atoms with Gasteiger partial charge in [0.05, 0.1) is 12.7 Å². The molecule has 2 aromatic heterocycles. The summed E-state index contributed by atoms with van der Waals surface area (Å²) >= 11 is 0. The Labute approximate surface area is 94.6 Å². The van der Waals surface area contributed by atoms with E-state index in [2.05, 4.69) is 15.3 Å². The number of H-pyrrole nitrogens is 1. The van der Waals surface area contributed by atoms with E-state index in [1.54, 1.807) is 17.1 Å². The van der Waals surface area contributed by atoms with Gasteiger partial charge in [0, 0.05) is 25.1 Å². The average Bonchev–Trinajstić information content (AvgIpc) is 2.92. The zero-order valence-electron chi connectivity index (χ0n) is 9.21. The number of hydrogen-bond acceptors (Lipinski definition) is 4. The topological polar surface area (TPSA) is 98.5 Å². The summed E-state index contributed by atoms with van der Waals surface area (Å²) in [5.74, 6) is 0. The van der Waals surface area contributed by atoms with Gasteiger partial charge >= 0.3 is 0 Å². The van der Waals surface area contributed by atoms with E-state index >= 15 is 0 Å². The van der Waals surface area contributed by atoms with Gasteiger partial charge in [-0.15, -0.1) is 0 Å². The van der Waals surface area contributed by atoms with Crippen LogP contribution in [-0.4, -0.2) is 33.1 Å². The van der Waals surface area contributed by atoms with Crippen LogP contribution >= 0.6 is 0 Å². The van der Waals surface area contributed by atoms with Crippen molar-refractivity contribution in [2.45, 2.75) is 13.0 Å². The van der Waals surface area contributed by atoms with Crippen LogP contribution in [0.15, 0.2) is 30.9 Å². The molecule has 88 valence electrons. The third kappa shape index (κ3) is 4.72. The highest BCUT2D eigenvalue weighted by Crippen LogP contribution is 1.91. The minimum Gasteiger partial charge on any atom is -0.330 e. The molecule has 0 aromatic carbocycles. The van der Waals surface area contributed by atoms with E-state index in [9.17, 15) is 0 Å². The predicted octanol–water partition coefficient (Wildman–Crippen LogP) is -0.247. The van der Waals surface area contributed by atoms with E-state index in [0.29, 0.717) is 13.1 Å². The molecule has 0 radical (unpaired) electrons. The molecule has 0 aliphatic carbocycles. The standard InChI is InChI=1S/2C5H9N3/c6-2-5-8-4-1-3-7-8;6-2-1-5-3-7-8-4-5/h1,3-4H,2,5-6H2;3-4H,1-2,6H2,(H,7,8). The summed E-state index contributed by atoms with van der Waals surface area (Å²) in [5.41, 5.74) is 11.7. The lowest BCUT2D eigenvalue weighted by Crippen LogP contribution is -2.09. The molecule has 0 bridgehead atoms. The van der Waals surface area contributed by atoms with E-state index in [4.69, 9.17) is 11.5 Å². The molecule has 5 N–H and O–H groups in total. The number of nitrogens with zero attached hydrogens (tertiary/aromatic N) is 3. The number of nitrogens with one attached hydrogen (secondary N) is 1. The van der Waals surface area contributed by atoms with E-state index in [1.807, 2.05) is 18.5 Å². The van der Waals surface area contributed by atoms with Gasteiger partial charge in [-0.05, 0) is 24.6 Å². The van der Waals surface area contributed by atoms with Gasteiger partial charge in [-0.3, -0.25) is 9.78 Å². The molecule has 0 aliphatic heterocycles. The van der Waals surface area contributed by atoms with Crippen molar-refractivity contribution in [1.29, 1.82) is 0 Å². The van der Waals surface area contributed by atoms with Crippen molar-refractivity contribution < 1.29 is 0 Å². The van der Waals surface area contributed by atoms with Crippen LogP contribution in [0.4, 0.5) is 0 Å². The predicted molar refractivity (Wildman–Crippen MR) is 62.6 cm³/mol. The van der Waals surface area contributed by atoms with Gasteiger partial charge in [-0.1, -0.05) is 0 Å². The summed E-state index contributed by atoms with van der Waals surface area (Å²) < 4.78 is 1.81. The number of nitrogens with two attached hydrogens (primary N) is 2. The van der Waals surface area contributed by atoms with Gasteiger partial charge < -0.3 is 11.5 Å². The smallest absolute Gasteiger partial charge is 0.0531 e. The first-order valence-corrected chi connectivity index (χ1v) is 5.22. The van der Waals surface area contributed by atoms with Gasteiger partial charge in [0.25, 0.3) is 0 Å². The zero-order chi connectivity index (χ0) is 11.6. The first-order chi connectivity index (χ1) is 7.86. The number of aromatic amines is 1. The lowest BCUT2D eigenvalue weighted by Gasteiger charge is -1.93. The van der Waals surface area contributed by atoms with Crippen LogP contribution in [0, 0.1) is 0 Å². The van der Waals surface area contributed by atoms with Gasteiger partial charge in [0.2, 0.25) is 0 Å². The van der Waals surface area contributed by atoms with Crippen LogP contribution in [0.1, 0.15) is 5.56 Å². The quantitative estimate of drug-likeness (QED) is 0.664. The molecular weight excluding hydrogens is 204 g/mol. The molecule has 0 amide bonds. The Bertz CT molecular complexity index is 303. The molecule has 2 rings (SSSR count). The second-order valence-electron chi connectivity index (χ2n) is 3.20. The third-order valence-corrected chi connectivity index (χ3v) is 1.91. The molecule has 0 fully saturated rings. The van der Waals surface area contributed by atoms with E-state index in [1.165, 1.54) is 5.56 Å². The molecule has 6 heteroatoms. The van der Waals surface area contributed by atoms with Gasteiger partial charge in [0.1, 0.15) is 0 Å².